The van der Waals surface area contributed by atoms with Crippen LogP contribution in [-0.2, 0) is 0 Å². The zero-order chi connectivity index (χ0) is 14.7. The van der Waals surface area contributed by atoms with Gasteiger partial charge in [-0.15, -0.1) is 11.3 Å². The molecule has 5 heteroatoms. The molecule has 4 nitrogen and oxygen atoms in total. The summed E-state index contributed by atoms with van der Waals surface area (Å²) in [6, 6.07) is 2.18. The summed E-state index contributed by atoms with van der Waals surface area (Å²) in [6.07, 6.45) is 3.72. The second-order valence-electron chi connectivity index (χ2n) is 5.60. The average Bonchev–Trinajstić information content (AvgIpc) is 2.75. The van der Waals surface area contributed by atoms with Crippen molar-refractivity contribution in [1.29, 1.82) is 5.26 Å². The van der Waals surface area contributed by atoms with Crippen LogP contribution >= 0.6 is 11.3 Å². The van der Waals surface area contributed by atoms with Crippen molar-refractivity contribution in [3.05, 3.63) is 4.88 Å². The molecule has 2 heterocycles. The van der Waals surface area contributed by atoms with Crippen molar-refractivity contribution in [3.8, 4) is 11.8 Å². The van der Waals surface area contributed by atoms with E-state index in [2.05, 4.69) is 17.9 Å². The Labute approximate surface area is 125 Å². The van der Waals surface area contributed by atoms with E-state index in [0.29, 0.717) is 16.3 Å². The van der Waals surface area contributed by atoms with Crippen LogP contribution in [0.3, 0.4) is 0 Å². The van der Waals surface area contributed by atoms with Gasteiger partial charge in [-0.25, -0.2) is 0 Å². The molecule has 1 aliphatic heterocycles. The molecule has 1 aromatic rings. The third-order valence-electron chi connectivity index (χ3n) is 3.82. The molecule has 0 aliphatic carbocycles. The van der Waals surface area contributed by atoms with Gasteiger partial charge in [0.05, 0.1) is 6.10 Å². The fourth-order valence-electron chi connectivity index (χ4n) is 2.60. The van der Waals surface area contributed by atoms with E-state index in [-0.39, 0.29) is 6.10 Å². The fraction of sp³-hybridized carbons (Fsp3) is 0.667. The maximum Gasteiger partial charge on any atom is 0.178 e. The first-order chi connectivity index (χ1) is 9.56. The highest BCUT2D eigenvalue weighted by atomic mass is 32.1. The molecule has 0 unspecified atom stereocenters. The number of nitrogen functional groups attached to an aromatic ring is 1. The van der Waals surface area contributed by atoms with E-state index in [9.17, 15) is 5.26 Å². The Morgan fingerprint density at radius 2 is 2.10 bits per heavy atom. The van der Waals surface area contributed by atoms with Crippen LogP contribution < -0.4 is 15.4 Å². The van der Waals surface area contributed by atoms with Gasteiger partial charge in [0.15, 0.2) is 5.75 Å². The van der Waals surface area contributed by atoms with Gasteiger partial charge in [-0.1, -0.05) is 13.3 Å². The van der Waals surface area contributed by atoms with E-state index in [4.69, 9.17) is 10.5 Å². The standard InChI is InChI=1S/C15H23N3OS/c1-4-11-5-7-18(8-6-11)15-14(19-10(2)3)13(17)12(9-16)20-15/h10-11H,4-8,17H2,1-3H3. The van der Waals surface area contributed by atoms with Crippen LogP contribution in [0.15, 0.2) is 0 Å². The normalized spacial score (nSPS) is 16.4. The maximum atomic E-state index is 9.18. The molecule has 110 valence electrons. The Morgan fingerprint density at radius 1 is 1.45 bits per heavy atom. The van der Waals surface area contributed by atoms with Crippen molar-refractivity contribution >= 4 is 22.0 Å². The molecule has 1 fully saturated rings. The van der Waals surface area contributed by atoms with Crippen LogP contribution in [0.1, 0.15) is 44.9 Å². The third-order valence-corrected chi connectivity index (χ3v) is 4.97. The van der Waals surface area contributed by atoms with Crippen LogP contribution in [0.2, 0.25) is 0 Å². The van der Waals surface area contributed by atoms with Gasteiger partial charge in [0.1, 0.15) is 21.6 Å². The number of piperidine rings is 1. The lowest BCUT2D eigenvalue weighted by Gasteiger charge is -2.32. The van der Waals surface area contributed by atoms with Crippen LogP contribution in [0.5, 0.6) is 5.75 Å². The van der Waals surface area contributed by atoms with E-state index >= 15 is 0 Å². The number of hydrogen-bond acceptors (Lipinski definition) is 5. The molecule has 0 saturated carbocycles. The molecule has 0 amide bonds. The minimum Gasteiger partial charge on any atom is -0.486 e. The van der Waals surface area contributed by atoms with Gasteiger partial charge in [0, 0.05) is 13.1 Å². The predicted octanol–water partition coefficient (Wildman–Crippen LogP) is 3.62. The van der Waals surface area contributed by atoms with Gasteiger partial charge in [0.2, 0.25) is 0 Å². The lowest BCUT2D eigenvalue weighted by Crippen LogP contribution is -2.33. The molecule has 1 aliphatic rings. The number of rotatable bonds is 4. The summed E-state index contributed by atoms with van der Waals surface area (Å²) < 4.78 is 5.86. The number of nitriles is 1. The second-order valence-corrected chi connectivity index (χ2v) is 6.60. The Bertz CT molecular complexity index is 496. The molecule has 1 aromatic heterocycles. The number of nitrogens with two attached hydrogens (primary N) is 1. The number of thiophene rings is 1. The van der Waals surface area contributed by atoms with E-state index in [0.717, 1.165) is 24.0 Å². The highest BCUT2D eigenvalue weighted by Crippen LogP contribution is 2.46. The molecule has 1 saturated heterocycles. The summed E-state index contributed by atoms with van der Waals surface area (Å²) in [4.78, 5) is 2.89. The van der Waals surface area contributed by atoms with Gasteiger partial charge in [-0.2, -0.15) is 5.26 Å². The number of anilines is 2. The molecule has 2 rings (SSSR count). The van der Waals surface area contributed by atoms with Gasteiger partial charge in [-0.05, 0) is 32.6 Å². The maximum absolute atomic E-state index is 9.18. The van der Waals surface area contributed by atoms with E-state index in [1.54, 1.807) is 0 Å². The lowest BCUT2D eigenvalue weighted by molar-refractivity contribution is 0.244. The summed E-state index contributed by atoms with van der Waals surface area (Å²) in [5, 5.41) is 10.2. The Hall–Kier alpha value is -1.41. The zero-order valence-electron chi connectivity index (χ0n) is 12.5. The lowest BCUT2D eigenvalue weighted by atomic mass is 9.94. The minimum atomic E-state index is 0.0605. The fourth-order valence-corrected chi connectivity index (χ4v) is 3.61. The Balaban J connectivity index is 2.24. The Morgan fingerprint density at radius 3 is 2.60 bits per heavy atom. The molecule has 0 radical (unpaired) electrons. The SMILES string of the molecule is CCC1CCN(c2sc(C#N)c(N)c2OC(C)C)CC1. The van der Waals surface area contributed by atoms with Gasteiger partial charge >= 0.3 is 0 Å². The highest BCUT2D eigenvalue weighted by molar-refractivity contribution is 7.17. The van der Waals surface area contributed by atoms with Crippen LogP contribution in [0.25, 0.3) is 0 Å². The van der Waals surface area contributed by atoms with Gasteiger partial charge < -0.3 is 15.4 Å². The van der Waals surface area contributed by atoms with Gasteiger partial charge in [-0.3, -0.25) is 0 Å². The summed E-state index contributed by atoms with van der Waals surface area (Å²) in [6.45, 7) is 8.27. The van der Waals surface area contributed by atoms with Crippen molar-refractivity contribution in [3.63, 3.8) is 0 Å². The number of hydrogen-bond donors (Lipinski definition) is 1. The monoisotopic (exact) mass is 293 g/mol. The van der Waals surface area contributed by atoms with E-state index in [1.807, 2.05) is 13.8 Å². The molecule has 0 bridgehead atoms. The van der Waals surface area contributed by atoms with Crippen molar-refractivity contribution in [2.24, 2.45) is 5.92 Å². The summed E-state index contributed by atoms with van der Waals surface area (Å²) in [5.41, 5.74) is 6.56. The molecule has 0 spiro atoms. The van der Waals surface area contributed by atoms with Crippen molar-refractivity contribution in [2.75, 3.05) is 23.7 Å². The third kappa shape index (κ3) is 3.01. The van der Waals surface area contributed by atoms with Crippen molar-refractivity contribution in [1.82, 2.24) is 0 Å². The Kier molecular flexibility index (Phi) is 4.77. The second kappa shape index (κ2) is 6.36. The first-order valence-corrected chi connectivity index (χ1v) is 8.12. The largest absolute Gasteiger partial charge is 0.486 e. The van der Waals surface area contributed by atoms with Crippen LogP contribution in [0, 0.1) is 17.2 Å². The predicted molar refractivity (Wildman–Crippen MR) is 84.4 cm³/mol. The average molecular weight is 293 g/mol. The molecule has 0 atom stereocenters. The molecule has 20 heavy (non-hydrogen) atoms. The van der Waals surface area contributed by atoms with Gasteiger partial charge in [0.25, 0.3) is 0 Å². The molecular weight excluding hydrogens is 270 g/mol. The van der Waals surface area contributed by atoms with Crippen molar-refractivity contribution in [2.45, 2.75) is 46.1 Å². The smallest absolute Gasteiger partial charge is 0.178 e. The summed E-state index contributed by atoms with van der Waals surface area (Å²) in [7, 11) is 0. The summed E-state index contributed by atoms with van der Waals surface area (Å²) >= 11 is 1.46. The van der Waals surface area contributed by atoms with Crippen LogP contribution in [0.4, 0.5) is 10.7 Å². The minimum absolute atomic E-state index is 0.0605. The molecular formula is C15H23N3OS. The number of nitrogens with zero attached hydrogens (tertiary/aromatic N) is 2. The topological polar surface area (TPSA) is 62.3 Å². The summed E-state index contributed by atoms with van der Waals surface area (Å²) in [5.74, 6) is 1.53. The van der Waals surface area contributed by atoms with E-state index in [1.165, 1.54) is 30.6 Å². The zero-order valence-corrected chi connectivity index (χ0v) is 13.3. The quantitative estimate of drug-likeness (QED) is 0.921. The first-order valence-electron chi connectivity index (χ1n) is 7.30. The number of ether oxygens (including phenoxy) is 1. The highest BCUT2D eigenvalue weighted by Gasteiger charge is 2.26. The van der Waals surface area contributed by atoms with Crippen LogP contribution in [-0.4, -0.2) is 19.2 Å². The van der Waals surface area contributed by atoms with Crippen molar-refractivity contribution < 1.29 is 4.74 Å². The first kappa shape index (κ1) is 15.0. The van der Waals surface area contributed by atoms with E-state index < -0.39 is 0 Å². The molecule has 0 aromatic carbocycles. The molecule has 2 N–H and O–H groups in total.